The average Bonchev–Trinajstić information content (AvgIpc) is 2.38. The molecule has 0 bridgehead atoms. The number of aryl methyl sites for hydroxylation is 1. The molecule has 0 amide bonds. The van der Waals surface area contributed by atoms with E-state index >= 15 is 0 Å². The van der Waals surface area contributed by atoms with E-state index in [0.29, 0.717) is 12.2 Å². The maximum Gasteiger partial charge on any atom is 0.338 e. The van der Waals surface area contributed by atoms with Crippen LogP contribution in [0, 0.1) is 12.7 Å². The standard InChI is InChI=1S/C16H16FNO2/c1-11-4-3-5-12(8-11)10-18(2)13-6-7-14(16(19)20)15(17)9-13/h3-9H,10H2,1-2H3,(H,19,20). The van der Waals surface area contributed by atoms with Crippen molar-refractivity contribution >= 4 is 11.7 Å². The molecule has 0 spiro atoms. The van der Waals surface area contributed by atoms with E-state index in [1.54, 1.807) is 6.07 Å². The van der Waals surface area contributed by atoms with Gasteiger partial charge in [0.05, 0.1) is 5.56 Å². The van der Waals surface area contributed by atoms with Gasteiger partial charge in [0.2, 0.25) is 0 Å². The fourth-order valence-electron chi connectivity index (χ4n) is 2.09. The summed E-state index contributed by atoms with van der Waals surface area (Å²) in [4.78, 5) is 12.7. The van der Waals surface area contributed by atoms with E-state index in [1.807, 2.05) is 37.1 Å². The van der Waals surface area contributed by atoms with Gasteiger partial charge >= 0.3 is 5.97 Å². The molecule has 0 radical (unpaired) electrons. The van der Waals surface area contributed by atoms with Crippen molar-refractivity contribution in [3.8, 4) is 0 Å². The van der Waals surface area contributed by atoms with Crippen molar-refractivity contribution in [3.63, 3.8) is 0 Å². The highest BCUT2D eigenvalue weighted by Crippen LogP contribution is 2.20. The number of aromatic carboxylic acids is 1. The van der Waals surface area contributed by atoms with Crippen molar-refractivity contribution in [1.82, 2.24) is 0 Å². The van der Waals surface area contributed by atoms with E-state index in [2.05, 4.69) is 6.07 Å². The van der Waals surface area contributed by atoms with E-state index in [1.165, 1.54) is 17.7 Å². The quantitative estimate of drug-likeness (QED) is 0.927. The zero-order valence-corrected chi connectivity index (χ0v) is 11.4. The first-order valence-electron chi connectivity index (χ1n) is 6.27. The SMILES string of the molecule is Cc1cccc(CN(C)c2ccc(C(=O)O)c(F)c2)c1. The maximum absolute atomic E-state index is 13.7. The number of carboxylic acid groups (broad SMARTS) is 1. The van der Waals surface area contributed by atoms with Crippen molar-refractivity contribution in [2.45, 2.75) is 13.5 Å². The fourth-order valence-corrected chi connectivity index (χ4v) is 2.09. The van der Waals surface area contributed by atoms with Crippen LogP contribution in [-0.2, 0) is 6.54 Å². The first-order chi connectivity index (χ1) is 9.47. The summed E-state index contributed by atoms with van der Waals surface area (Å²) >= 11 is 0. The van der Waals surface area contributed by atoms with Crippen LogP contribution >= 0.6 is 0 Å². The number of nitrogens with zero attached hydrogens (tertiary/aromatic N) is 1. The van der Waals surface area contributed by atoms with Crippen LogP contribution in [0.2, 0.25) is 0 Å². The lowest BCUT2D eigenvalue weighted by atomic mass is 10.1. The summed E-state index contributed by atoms with van der Waals surface area (Å²) in [6.45, 7) is 2.65. The van der Waals surface area contributed by atoms with Crippen LogP contribution in [0.1, 0.15) is 21.5 Å². The Hall–Kier alpha value is -2.36. The molecule has 0 fully saturated rings. The smallest absolute Gasteiger partial charge is 0.338 e. The summed E-state index contributed by atoms with van der Waals surface area (Å²) in [7, 11) is 1.84. The number of hydrogen-bond acceptors (Lipinski definition) is 2. The summed E-state index contributed by atoms with van der Waals surface area (Å²) in [5.74, 6) is -1.97. The topological polar surface area (TPSA) is 40.5 Å². The molecule has 0 heterocycles. The Balaban J connectivity index is 2.19. The molecule has 0 saturated carbocycles. The molecule has 0 saturated heterocycles. The van der Waals surface area contributed by atoms with E-state index in [9.17, 15) is 9.18 Å². The zero-order valence-electron chi connectivity index (χ0n) is 11.4. The molecular weight excluding hydrogens is 257 g/mol. The molecule has 2 aromatic rings. The Labute approximate surface area is 117 Å². The Morgan fingerprint density at radius 3 is 2.60 bits per heavy atom. The molecule has 0 unspecified atom stereocenters. The average molecular weight is 273 g/mol. The van der Waals surface area contributed by atoms with Crippen LogP contribution in [0.5, 0.6) is 0 Å². The summed E-state index contributed by atoms with van der Waals surface area (Å²) < 4.78 is 13.7. The number of anilines is 1. The van der Waals surface area contributed by atoms with Crippen LogP contribution in [0.15, 0.2) is 42.5 Å². The fraction of sp³-hybridized carbons (Fsp3) is 0.188. The zero-order chi connectivity index (χ0) is 14.7. The number of rotatable bonds is 4. The van der Waals surface area contributed by atoms with Gasteiger partial charge < -0.3 is 10.0 Å². The summed E-state index contributed by atoms with van der Waals surface area (Å²) in [5.41, 5.74) is 2.63. The largest absolute Gasteiger partial charge is 0.478 e. The van der Waals surface area contributed by atoms with Crippen LogP contribution in [0.25, 0.3) is 0 Å². The normalized spacial score (nSPS) is 10.3. The second-order valence-electron chi connectivity index (χ2n) is 4.81. The predicted molar refractivity (Wildman–Crippen MR) is 76.6 cm³/mol. The highest BCUT2D eigenvalue weighted by molar-refractivity contribution is 5.88. The second-order valence-corrected chi connectivity index (χ2v) is 4.81. The predicted octanol–water partition coefficient (Wildman–Crippen LogP) is 3.47. The van der Waals surface area contributed by atoms with Gasteiger partial charge in [-0.3, -0.25) is 0 Å². The first kappa shape index (κ1) is 14.1. The van der Waals surface area contributed by atoms with Crippen molar-refractivity contribution in [1.29, 1.82) is 0 Å². The van der Waals surface area contributed by atoms with Crippen LogP contribution in [-0.4, -0.2) is 18.1 Å². The van der Waals surface area contributed by atoms with Gasteiger partial charge in [0.25, 0.3) is 0 Å². The molecule has 0 aliphatic rings. The lowest BCUT2D eigenvalue weighted by Gasteiger charge is -2.20. The van der Waals surface area contributed by atoms with E-state index < -0.39 is 11.8 Å². The number of halogens is 1. The van der Waals surface area contributed by atoms with Crippen molar-refractivity contribution in [3.05, 3.63) is 65.0 Å². The van der Waals surface area contributed by atoms with Gasteiger partial charge in [-0.15, -0.1) is 0 Å². The van der Waals surface area contributed by atoms with E-state index in [-0.39, 0.29) is 5.56 Å². The van der Waals surface area contributed by atoms with Crippen LogP contribution in [0.3, 0.4) is 0 Å². The monoisotopic (exact) mass is 273 g/mol. The van der Waals surface area contributed by atoms with Crippen molar-refractivity contribution in [2.75, 3.05) is 11.9 Å². The van der Waals surface area contributed by atoms with Crippen molar-refractivity contribution in [2.24, 2.45) is 0 Å². The van der Waals surface area contributed by atoms with Gasteiger partial charge in [0.15, 0.2) is 0 Å². The van der Waals surface area contributed by atoms with Gasteiger partial charge in [-0.25, -0.2) is 9.18 Å². The molecule has 20 heavy (non-hydrogen) atoms. The lowest BCUT2D eigenvalue weighted by Crippen LogP contribution is -2.17. The summed E-state index contributed by atoms with van der Waals surface area (Å²) in [5, 5.41) is 8.81. The number of carboxylic acids is 1. The third-order valence-electron chi connectivity index (χ3n) is 3.13. The Kier molecular flexibility index (Phi) is 4.03. The molecule has 2 rings (SSSR count). The molecule has 0 atom stereocenters. The molecule has 0 aliphatic carbocycles. The maximum atomic E-state index is 13.7. The third-order valence-corrected chi connectivity index (χ3v) is 3.13. The minimum atomic E-state index is -1.25. The van der Waals surface area contributed by atoms with Gasteiger partial charge in [-0.05, 0) is 30.7 Å². The lowest BCUT2D eigenvalue weighted by molar-refractivity contribution is 0.0692. The number of carbonyl (C=O) groups is 1. The van der Waals surface area contributed by atoms with Gasteiger partial charge in [-0.1, -0.05) is 29.8 Å². The highest BCUT2D eigenvalue weighted by atomic mass is 19.1. The van der Waals surface area contributed by atoms with Gasteiger partial charge in [0.1, 0.15) is 5.82 Å². The summed E-state index contributed by atoms with van der Waals surface area (Å²) in [6, 6.07) is 12.2. The Bertz CT molecular complexity index is 640. The molecule has 1 N–H and O–H groups in total. The van der Waals surface area contributed by atoms with Crippen molar-refractivity contribution < 1.29 is 14.3 Å². The van der Waals surface area contributed by atoms with Crippen LogP contribution in [0.4, 0.5) is 10.1 Å². The molecule has 2 aromatic carbocycles. The molecular formula is C16H16FNO2. The van der Waals surface area contributed by atoms with Crippen LogP contribution < -0.4 is 4.90 Å². The highest BCUT2D eigenvalue weighted by Gasteiger charge is 2.12. The minimum Gasteiger partial charge on any atom is -0.478 e. The Morgan fingerprint density at radius 1 is 1.25 bits per heavy atom. The third kappa shape index (κ3) is 3.15. The summed E-state index contributed by atoms with van der Waals surface area (Å²) in [6.07, 6.45) is 0. The first-order valence-corrected chi connectivity index (χ1v) is 6.27. The second kappa shape index (κ2) is 5.74. The number of benzene rings is 2. The molecule has 3 nitrogen and oxygen atoms in total. The van der Waals surface area contributed by atoms with Gasteiger partial charge in [0, 0.05) is 19.3 Å². The van der Waals surface area contributed by atoms with E-state index in [4.69, 9.17) is 5.11 Å². The van der Waals surface area contributed by atoms with E-state index in [0.717, 1.165) is 5.56 Å². The number of hydrogen-bond donors (Lipinski definition) is 1. The molecule has 0 aliphatic heterocycles. The minimum absolute atomic E-state index is 0.308. The molecule has 104 valence electrons. The molecule has 4 heteroatoms. The molecule has 0 aromatic heterocycles. The van der Waals surface area contributed by atoms with Gasteiger partial charge in [-0.2, -0.15) is 0 Å². The Morgan fingerprint density at radius 2 is 2.00 bits per heavy atom.